The monoisotopic (exact) mass is 352 g/mol. The molecule has 1 aromatic rings. The van der Waals surface area contributed by atoms with Gasteiger partial charge in [0.15, 0.2) is 0 Å². The van der Waals surface area contributed by atoms with Crippen molar-refractivity contribution in [3.05, 3.63) is 33.0 Å². The number of ether oxygens (including phenoxy) is 1. The van der Waals surface area contributed by atoms with E-state index in [1.165, 1.54) is 6.07 Å². The van der Waals surface area contributed by atoms with Gasteiger partial charge in [0.2, 0.25) is 0 Å². The number of hydrogen-bond donors (Lipinski definition) is 1. The fourth-order valence-electron chi connectivity index (χ4n) is 2.24. The number of hydrogen-bond acceptors (Lipinski definition) is 2. The molecule has 1 unspecified atom stereocenters. The number of aliphatic hydroxyl groups excluding tert-OH is 1. The Bertz CT molecular complexity index is 436. The van der Waals surface area contributed by atoms with E-state index in [1.807, 2.05) is 20.8 Å². The molecule has 1 aromatic carbocycles. The van der Waals surface area contributed by atoms with E-state index in [1.54, 1.807) is 6.07 Å². The van der Waals surface area contributed by atoms with Gasteiger partial charge in [-0.15, -0.1) is 0 Å². The number of halogens is 3. The quantitative estimate of drug-likeness (QED) is 0.739. The van der Waals surface area contributed by atoms with Gasteiger partial charge < -0.3 is 9.84 Å². The van der Waals surface area contributed by atoms with Gasteiger partial charge in [0.25, 0.3) is 0 Å². The maximum absolute atomic E-state index is 14.2. The lowest BCUT2D eigenvalue weighted by atomic mass is 9.86. The smallest absolute Gasteiger partial charge is 0.148 e. The summed E-state index contributed by atoms with van der Waals surface area (Å²) in [6.45, 7) is 6.16. The molecule has 0 bridgehead atoms. The van der Waals surface area contributed by atoms with E-state index in [9.17, 15) is 9.50 Å². The third kappa shape index (κ3) is 3.30. The fraction of sp³-hybridized carbons (Fsp3) is 0.571. The molecule has 0 saturated carbocycles. The van der Waals surface area contributed by atoms with E-state index in [-0.39, 0.29) is 10.6 Å². The van der Waals surface area contributed by atoms with Gasteiger partial charge in [-0.25, -0.2) is 4.39 Å². The third-order valence-electron chi connectivity index (χ3n) is 3.49. The molecule has 1 atom stereocenters. The summed E-state index contributed by atoms with van der Waals surface area (Å²) in [4.78, 5) is 0. The molecule has 0 fully saturated rings. The van der Waals surface area contributed by atoms with Crippen LogP contribution in [0.15, 0.2) is 16.6 Å². The Kier molecular flexibility index (Phi) is 6.24. The van der Waals surface area contributed by atoms with Crippen LogP contribution in [0.3, 0.4) is 0 Å². The zero-order valence-electron chi connectivity index (χ0n) is 11.3. The molecule has 108 valence electrons. The normalized spacial score (nSPS) is 13.6. The molecule has 19 heavy (non-hydrogen) atoms. The molecule has 1 N–H and O–H groups in total. The van der Waals surface area contributed by atoms with Crippen molar-refractivity contribution >= 4 is 27.5 Å². The molecule has 0 heterocycles. The molecule has 5 heteroatoms. The predicted molar refractivity (Wildman–Crippen MR) is 79.0 cm³/mol. The summed E-state index contributed by atoms with van der Waals surface area (Å²) < 4.78 is 20.3. The van der Waals surface area contributed by atoms with Crippen LogP contribution in [0.4, 0.5) is 4.39 Å². The van der Waals surface area contributed by atoms with Gasteiger partial charge in [0.05, 0.1) is 10.6 Å². The Labute approximate surface area is 127 Å². The van der Waals surface area contributed by atoms with Crippen LogP contribution < -0.4 is 0 Å². The molecular formula is C14H19BrClFO2. The highest BCUT2D eigenvalue weighted by molar-refractivity contribution is 9.10. The zero-order chi connectivity index (χ0) is 14.6. The summed E-state index contributed by atoms with van der Waals surface area (Å²) >= 11 is 9.03. The van der Waals surface area contributed by atoms with Gasteiger partial charge in [-0.1, -0.05) is 31.5 Å². The van der Waals surface area contributed by atoms with Gasteiger partial charge >= 0.3 is 0 Å². The van der Waals surface area contributed by atoms with Crippen molar-refractivity contribution in [1.29, 1.82) is 0 Å². The van der Waals surface area contributed by atoms with Gasteiger partial charge in [-0.05, 0) is 41.8 Å². The predicted octanol–water partition coefficient (Wildman–Crippen LogP) is 4.87. The zero-order valence-corrected chi connectivity index (χ0v) is 13.7. The highest BCUT2D eigenvalue weighted by Crippen LogP contribution is 2.39. The van der Waals surface area contributed by atoms with Gasteiger partial charge in [-0.3, -0.25) is 0 Å². The van der Waals surface area contributed by atoms with Crippen LogP contribution in [0.2, 0.25) is 5.02 Å². The SMILES string of the molecule is CCOC(CC)(CC)C(O)c1ccc(Br)c(Cl)c1F. The van der Waals surface area contributed by atoms with E-state index in [0.29, 0.717) is 23.9 Å². The second-order valence-electron chi connectivity index (χ2n) is 4.37. The highest BCUT2D eigenvalue weighted by Gasteiger charge is 2.38. The molecule has 0 saturated heterocycles. The molecule has 2 nitrogen and oxygen atoms in total. The minimum Gasteiger partial charge on any atom is -0.385 e. The molecule has 0 spiro atoms. The summed E-state index contributed by atoms with van der Waals surface area (Å²) in [5.41, 5.74) is -0.613. The van der Waals surface area contributed by atoms with E-state index in [0.717, 1.165) is 0 Å². The van der Waals surface area contributed by atoms with Gasteiger partial charge in [-0.2, -0.15) is 0 Å². The summed E-state index contributed by atoms with van der Waals surface area (Å²) in [5, 5.41) is 10.5. The number of benzene rings is 1. The van der Waals surface area contributed by atoms with Crippen molar-refractivity contribution in [3.63, 3.8) is 0 Å². The minimum atomic E-state index is -1.05. The van der Waals surface area contributed by atoms with Crippen molar-refractivity contribution in [2.75, 3.05) is 6.61 Å². The topological polar surface area (TPSA) is 29.5 Å². The first-order valence-corrected chi connectivity index (χ1v) is 7.56. The number of rotatable bonds is 6. The van der Waals surface area contributed by atoms with Crippen molar-refractivity contribution in [3.8, 4) is 0 Å². The molecule has 0 aromatic heterocycles. The van der Waals surface area contributed by atoms with Gasteiger partial charge in [0, 0.05) is 16.6 Å². The maximum atomic E-state index is 14.2. The first-order chi connectivity index (χ1) is 8.93. The van der Waals surface area contributed by atoms with Crippen molar-refractivity contribution in [2.45, 2.75) is 45.3 Å². The Morgan fingerprint density at radius 2 is 1.95 bits per heavy atom. The van der Waals surface area contributed by atoms with Crippen LogP contribution in [0, 0.1) is 5.82 Å². The lowest BCUT2D eigenvalue weighted by Crippen LogP contribution is -2.39. The Balaban J connectivity index is 3.24. The molecule has 0 aliphatic rings. The summed E-state index contributed by atoms with van der Waals surface area (Å²) in [7, 11) is 0. The highest BCUT2D eigenvalue weighted by atomic mass is 79.9. The first-order valence-electron chi connectivity index (χ1n) is 6.38. The Hall–Kier alpha value is -0.160. The van der Waals surface area contributed by atoms with Crippen molar-refractivity contribution < 1.29 is 14.2 Å². The van der Waals surface area contributed by atoms with Crippen LogP contribution in [0.5, 0.6) is 0 Å². The average Bonchev–Trinajstić information content (AvgIpc) is 2.42. The average molecular weight is 354 g/mol. The van der Waals surface area contributed by atoms with E-state index < -0.39 is 17.5 Å². The largest absolute Gasteiger partial charge is 0.385 e. The van der Waals surface area contributed by atoms with Gasteiger partial charge in [0.1, 0.15) is 11.9 Å². The third-order valence-corrected chi connectivity index (χ3v) is 4.75. The van der Waals surface area contributed by atoms with Crippen LogP contribution >= 0.6 is 27.5 Å². The van der Waals surface area contributed by atoms with E-state index >= 15 is 0 Å². The fourth-order valence-corrected chi connectivity index (χ4v) is 2.72. The Morgan fingerprint density at radius 3 is 2.42 bits per heavy atom. The first kappa shape index (κ1) is 16.9. The summed E-state index contributed by atoms with van der Waals surface area (Å²) in [6.07, 6.45) is 0.130. The second-order valence-corrected chi connectivity index (χ2v) is 5.60. The molecule has 0 aliphatic heterocycles. The minimum absolute atomic E-state index is 0.0193. The van der Waals surface area contributed by atoms with Crippen LogP contribution in [0.25, 0.3) is 0 Å². The standard InChI is InChI=1S/C14H19BrClFO2/c1-4-14(5-2,19-6-3)13(18)9-7-8-10(15)11(16)12(9)17/h7-8,13,18H,4-6H2,1-3H3. The summed E-state index contributed by atoms with van der Waals surface area (Å²) in [6, 6.07) is 3.17. The second kappa shape index (κ2) is 7.02. The van der Waals surface area contributed by atoms with Crippen molar-refractivity contribution in [2.24, 2.45) is 0 Å². The maximum Gasteiger partial charge on any atom is 0.148 e. The van der Waals surface area contributed by atoms with E-state index in [4.69, 9.17) is 16.3 Å². The van der Waals surface area contributed by atoms with E-state index in [2.05, 4.69) is 15.9 Å². The summed E-state index contributed by atoms with van der Waals surface area (Å²) in [5.74, 6) is -0.602. The molecule has 0 amide bonds. The Morgan fingerprint density at radius 1 is 1.37 bits per heavy atom. The molecule has 0 radical (unpaired) electrons. The van der Waals surface area contributed by atoms with Crippen LogP contribution in [-0.4, -0.2) is 17.3 Å². The van der Waals surface area contributed by atoms with Crippen LogP contribution in [-0.2, 0) is 4.74 Å². The molecule has 0 aliphatic carbocycles. The molecule has 1 rings (SSSR count). The lowest BCUT2D eigenvalue weighted by Gasteiger charge is -2.36. The van der Waals surface area contributed by atoms with Crippen molar-refractivity contribution in [1.82, 2.24) is 0 Å². The molecular weight excluding hydrogens is 335 g/mol. The van der Waals surface area contributed by atoms with Crippen LogP contribution in [0.1, 0.15) is 45.3 Å². The lowest BCUT2D eigenvalue weighted by molar-refractivity contribution is -0.128. The number of aliphatic hydroxyl groups is 1.